The van der Waals surface area contributed by atoms with Crippen molar-refractivity contribution in [1.82, 2.24) is 4.90 Å². The molecule has 0 unspecified atom stereocenters. The van der Waals surface area contributed by atoms with Gasteiger partial charge in [0.05, 0.1) is 31.0 Å². The van der Waals surface area contributed by atoms with Gasteiger partial charge in [0.2, 0.25) is 0 Å². The Balaban J connectivity index is 1.70. The van der Waals surface area contributed by atoms with Crippen LogP contribution >= 0.6 is 0 Å². The Hall–Kier alpha value is -3.22. The molecular weight excluding hydrogens is 442 g/mol. The summed E-state index contributed by atoms with van der Waals surface area (Å²) < 4.78 is 11.6. The molecule has 2 aromatic carbocycles. The van der Waals surface area contributed by atoms with Gasteiger partial charge in [-0.25, -0.2) is 0 Å². The highest BCUT2D eigenvalue weighted by Crippen LogP contribution is 2.58. The van der Waals surface area contributed by atoms with Gasteiger partial charge in [-0.15, -0.1) is 0 Å². The van der Waals surface area contributed by atoms with E-state index in [0.29, 0.717) is 41.8 Å². The van der Waals surface area contributed by atoms with E-state index in [9.17, 15) is 9.90 Å². The number of hydrogen-bond donors (Lipinski definition) is 2. The SMILES string of the molecule is CCOc1cc2c(cc1OCC)C1(CC1)N(CC(=O)c1cc(N(C)C)c(O)c(C(C)(C)C)c1)C2=N. The number of carbonyl (C=O) groups is 1. The summed E-state index contributed by atoms with van der Waals surface area (Å²) in [4.78, 5) is 17.4. The zero-order chi connectivity index (χ0) is 25.7. The number of aromatic hydroxyl groups is 1. The Morgan fingerprint density at radius 3 is 2.20 bits per heavy atom. The number of Topliss-reactive ketones (excluding diaryl/α,β-unsaturated/α-hetero) is 1. The molecule has 1 aliphatic heterocycles. The van der Waals surface area contributed by atoms with Gasteiger partial charge in [-0.05, 0) is 61.9 Å². The fraction of sp³-hybridized carbons (Fsp3) is 0.500. The van der Waals surface area contributed by atoms with Gasteiger partial charge in [-0.2, -0.15) is 0 Å². The number of anilines is 1. The topological polar surface area (TPSA) is 86.1 Å². The largest absolute Gasteiger partial charge is 0.505 e. The molecule has 0 amide bonds. The van der Waals surface area contributed by atoms with Crippen molar-refractivity contribution >= 4 is 17.3 Å². The molecule has 2 N–H and O–H groups in total. The number of ketones is 1. The highest BCUT2D eigenvalue weighted by atomic mass is 16.5. The summed E-state index contributed by atoms with van der Waals surface area (Å²) in [7, 11) is 3.71. The highest BCUT2D eigenvalue weighted by Gasteiger charge is 2.57. The molecule has 2 aromatic rings. The van der Waals surface area contributed by atoms with E-state index in [1.54, 1.807) is 12.1 Å². The normalized spacial score (nSPS) is 15.9. The predicted octanol–water partition coefficient (Wildman–Crippen LogP) is 5.07. The molecule has 2 aliphatic rings. The Bertz CT molecular complexity index is 1180. The number of benzene rings is 2. The lowest BCUT2D eigenvalue weighted by Crippen LogP contribution is -2.38. The second kappa shape index (κ2) is 8.77. The summed E-state index contributed by atoms with van der Waals surface area (Å²) in [5.41, 5.74) is 3.06. The van der Waals surface area contributed by atoms with Crippen LogP contribution in [0.5, 0.6) is 17.2 Å². The minimum absolute atomic E-state index is 0.0718. The summed E-state index contributed by atoms with van der Waals surface area (Å²) >= 11 is 0. The summed E-state index contributed by atoms with van der Waals surface area (Å²) in [5, 5.41) is 19.8. The average Bonchev–Trinajstić information content (AvgIpc) is 3.55. The molecule has 0 bridgehead atoms. The number of phenolic OH excluding ortho intramolecular Hbond substituents is 1. The van der Waals surface area contributed by atoms with Gasteiger partial charge in [0.25, 0.3) is 0 Å². The van der Waals surface area contributed by atoms with Crippen LogP contribution in [0.15, 0.2) is 24.3 Å². The van der Waals surface area contributed by atoms with Crippen molar-refractivity contribution in [3.63, 3.8) is 0 Å². The molecule has 188 valence electrons. The Morgan fingerprint density at radius 1 is 1.09 bits per heavy atom. The maximum absolute atomic E-state index is 13.6. The lowest BCUT2D eigenvalue weighted by molar-refractivity contribution is 0.0943. The molecule has 1 saturated carbocycles. The van der Waals surface area contributed by atoms with Gasteiger partial charge in [0.1, 0.15) is 11.6 Å². The first-order chi connectivity index (χ1) is 16.4. The minimum atomic E-state index is -0.340. The maximum atomic E-state index is 13.6. The second-order valence-corrected chi connectivity index (χ2v) is 10.6. The quantitative estimate of drug-likeness (QED) is 0.515. The van der Waals surface area contributed by atoms with Crippen LogP contribution < -0.4 is 14.4 Å². The molecule has 0 saturated heterocycles. The van der Waals surface area contributed by atoms with E-state index in [1.165, 1.54) is 0 Å². The molecule has 1 aliphatic carbocycles. The van der Waals surface area contributed by atoms with Crippen molar-refractivity contribution in [2.75, 3.05) is 38.8 Å². The molecule has 7 heteroatoms. The lowest BCUT2D eigenvalue weighted by atomic mass is 9.84. The van der Waals surface area contributed by atoms with Crippen molar-refractivity contribution in [1.29, 1.82) is 5.41 Å². The summed E-state index contributed by atoms with van der Waals surface area (Å²) in [6, 6.07) is 7.44. The summed E-state index contributed by atoms with van der Waals surface area (Å²) in [5.74, 6) is 1.79. The number of ether oxygens (including phenoxy) is 2. The monoisotopic (exact) mass is 479 g/mol. The molecule has 7 nitrogen and oxygen atoms in total. The molecule has 1 spiro atoms. The number of phenols is 1. The molecule has 35 heavy (non-hydrogen) atoms. The summed E-state index contributed by atoms with van der Waals surface area (Å²) in [6.07, 6.45) is 1.78. The van der Waals surface area contributed by atoms with Crippen molar-refractivity contribution in [2.45, 2.75) is 58.4 Å². The van der Waals surface area contributed by atoms with E-state index >= 15 is 0 Å². The standard InChI is InChI=1S/C28H37N3O4/c1-8-34-23-14-18-19(15-24(23)35-9-2)28(10-11-28)31(26(18)29)16-22(32)17-12-20(27(3,4)5)25(33)21(13-17)30(6)7/h12-15,29,33H,8-11,16H2,1-7H3. The molecule has 0 aromatic heterocycles. The fourth-order valence-corrected chi connectivity index (χ4v) is 5.00. The van der Waals surface area contributed by atoms with Gasteiger partial charge in [0.15, 0.2) is 17.3 Å². The van der Waals surface area contributed by atoms with E-state index < -0.39 is 0 Å². The number of fused-ring (bicyclic) bond motifs is 2. The highest BCUT2D eigenvalue weighted by molar-refractivity contribution is 6.07. The van der Waals surface area contributed by atoms with E-state index in [1.807, 2.05) is 70.6 Å². The van der Waals surface area contributed by atoms with Crippen LogP contribution in [0.25, 0.3) is 0 Å². The minimum Gasteiger partial charge on any atom is -0.505 e. The zero-order valence-corrected chi connectivity index (χ0v) is 21.9. The van der Waals surface area contributed by atoms with Crippen molar-refractivity contribution < 1.29 is 19.4 Å². The maximum Gasteiger partial charge on any atom is 0.182 e. The van der Waals surface area contributed by atoms with Crippen LogP contribution in [-0.2, 0) is 11.0 Å². The van der Waals surface area contributed by atoms with Crippen LogP contribution in [-0.4, -0.2) is 55.5 Å². The van der Waals surface area contributed by atoms with Crippen LogP contribution in [0.1, 0.15) is 74.5 Å². The summed E-state index contributed by atoms with van der Waals surface area (Å²) in [6.45, 7) is 11.1. The van der Waals surface area contributed by atoms with Crippen molar-refractivity contribution in [3.05, 3.63) is 46.5 Å². The first-order valence-corrected chi connectivity index (χ1v) is 12.3. The van der Waals surface area contributed by atoms with Crippen LogP contribution in [0.4, 0.5) is 5.69 Å². The van der Waals surface area contributed by atoms with Gasteiger partial charge < -0.3 is 24.4 Å². The Morgan fingerprint density at radius 2 is 1.69 bits per heavy atom. The van der Waals surface area contributed by atoms with Gasteiger partial charge in [-0.1, -0.05) is 20.8 Å². The fourth-order valence-electron chi connectivity index (χ4n) is 5.00. The van der Waals surface area contributed by atoms with E-state index in [0.717, 1.165) is 29.5 Å². The first-order valence-electron chi connectivity index (χ1n) is 12.3. The van der Waals surface area contributed by atoms with Gasteiger partial charge in [-0.3, -0.25) is 10.2 Å². The third-order valence-corrected chi connectivity index (χ3v) is 6.95. The van der Waals surface area contributed by atoms with Gasteiger partial charge >= 0.3 is 0 Å². The average molecular weight is 480 g/mol. The second-order valence-electron chi connectivity index (χ2n) is 10.6. The molecule has 4 rings (SSSR count). The Labute approximate surface area is 208 Å². The molecule has 0 atom stereocenters. The molecule has 0 radical (unpaired) electrons. The van der Waals surface area contributed by atoms with Crippen LogP contribution in [0.3, 0.4) is 0 Å². The van der Waals surface area contributed by atoms with E-state index in [4.69, 9.17) is 14.9 Å². The smallest absolute Gasteiger partial charge is 0.182 e. The number of nitrogens with one attached hydrogen (secondary N) is 1. The number of nitrogens with zero attached hydrogens (tertiary/aromatic N) is 2. The number of hydrogen-bond acceptors (Lipinski definition) is 6. The first kappa shape index (κ1) is 24.9. The van der Waals surface area contributed by atoms with Crippen LogP contribution in [0.2, 0.25) is 0 Å². The predicted molar refractivity (Wildman–Crippen MR) is 139 cm³/mol. The third-order valence-electron chi connectivity index (χ3n) is 6.95. The van der Waals surface area contributed by atoms with Crippen molar-refractivity contribution in [3.8, 4) is 17.2 Å². The van der Waals surface area contributed by atoms with Crippen molar-refractivity contribution in [2.24, 2.45) is 0 Å². The number of carbonyl (C=O) groups excluding carboxylic acids is 1. The zero-order valence-electron chi connectivity index (χ0n) is 21.9. The Kier molecular flexibility index (Phi) is 6.24. The number of amidine groups is 1. The van der Waals surface area contributed by atoms with E-state index in [-0.39, 0.29) is 29.0 Å². The van der Waals surface area contributed by atoms with Crippen LogP contribution in [0, 0.1) is 5.41 Å². The molecular formula is C28H37N3O4. The molecule has 1 heterocycles. The lowest BCUT2D eigenvalue weighted by Gasteiger charge is -2.28. The number of rotatable bonds is 8. The van der Waals surface area contributed by atoms with E-state index in [2.05, 4.69) is 0 Å². The third kappa shape index (κ3) is 4.21. The van der Waals surface area contributed by atoms with Gasteiger partial charge in [0, 0.05) is 30.8 Å². The molecule has 1 fully saturated rings.